The van der Waals surface area contributed by atoms with Gasteiger partial charge in [0, 0.05) is 6.54 Å². The summed E-state index contributed by atoms with van der Waals surface area (Å²) in [5.74, 6) is 1.08. The van der Waals surface area contributed by atoms with Crippen molar-refractivity contribution in [2.24, 2.45) is 5.92 Å². The first-order valence-corrected chi connectivity index (χ1v) is 5.03. The predicted molar refractivity (Wildman–Crippen MR) is 49.5 cm³/mol. The van der Waals surface area contributed by atoms with Gasteiger partial charge in [0.2, 0.25) is 0 Å². The Hall–Kier alpha value is -0.530. The molecule has 0 bridgehead atoms. The zero-order valence-electron chi connectivity index (χ0n) is 7.64. The molecule has 1 N–H and O–H groups in total. The zero-order valence-corrected chi connectivity index (χ0v) is 7.64. The Morgan fingerprint density at radius 3 is 2.58 bits per heavy atom. The molecule has 1 amide bonds. The number of hydrogen-bond acceptors (Lipinski definition) is 1. The van der Waals surface area contributed by atoms with Gasteiger partial charge in [0.05, 0.1) is 0 Å². The van der Waals surface area contributed by atoms with E-state index in [4.69, 9.17) is 0 Å². The molecule has 0 heterocycles. The van der Waals surface area contributed by atoms with Gasteiger partial charge in [-0.15, -0.1) is 0 Å². The van der Waals surface area contributed by atoms with E-state index in [0.29, 0.717) is 0 Å². The maximum Gasteiger partial charge on any atom is 0.309 e. The highest BCUT2D eigenvalue weighted by atomic mass is 16.1. The minimum Gasteiger partial charge on any atom is -0.348 e. The lowest BCUT2D eigenvalue weighted by atomic mass is 10.1. The van der Waals surface area contributed by atoms with Crippen molar-refractivity contribution in [1.82, 2.24) is 5.32 Å². The topological polar surface area (TPSA) is 29.1 Å². The Morgan fingerprint density at radius 1 is 1.17 bits per heavy atom. The molecule has 0 spiro atoms. The molecule has 0 saturated heterocycles. The van der Waals surface area contributed by atoms with E-state index in [0.717, 1.165) is 18.9 Å². The second-order valence-electron chi connectivity index (χ2n) is 3.68. The van der Waals surface area contributed by atoms with Crippen LogP contribution in [0.1, 0.15) is 44.9 Å². The minimum absolute atomic E-state index is 0.799. The molecule has 1 radical (unpaired) electrons. The second kappa shape index (κ2) is 6.04. The van der Waals surface area contributed by atoms with Gasteiger partial charge in [0.1, 0.15) is 0 Å². The molecule has 0 aromatic heterocycles. The Morgan fingerprint density at radius 2 is 1.92 bits per heavy atom. The molecular formula is C10H18NO. The van der Waals surface area contributed by atoms with Crippen molar-refractivity contribution in [2.75, 3.05) is 6.54 Å². The molecule has 1 fully saturated rings. The van der Waals surface area contributed by atoms with E-state index in [-0.39, 0.29) is 0 Å². The van der Waals surface area contributed by atoms with Crippen LogP contribution in [-0.4, -0.2) is 13.0 Å². The Balaban J connectivity index is 1.67. The van der Waals surface area contributed by atoms with Crippen molar-refractivity contribution in [1.29, 1.82) is 0 Å². The molecule has 1 rings (SSSR count). The number of amides is 1. The van der Waals surface area contributed by atoms with Crippen LogP contribution in [-0.2, 0) is 4.79 Å². The van der Waals surface area contributed by atoms with Gasteiger partial charge in [-0.3, -0.25) is 4.79 Å². The van der Waals surface area contributed by atoms with Crippen LogP contribution < -0.4 is 5.32 Å². The zero-order chi connectivity index (χ0) is 8.65. The summed E-state index contributed by atoms with van der Waals surface area (Å²) in [4.78, 5) is 9.76. The van der Waals surface area contributed by atoms with Crippen molar-refractivity contribution in [3.05, 3.63) is 0 Å². The molecule has 0 atom stereocenters. The van der Waals surface area contributed by atoms with Gasteiger partial charge in [0.15, 0.2) is 0 Å². The molecule has 1 aliphatic rings. The lowest BCUT2D eigenvalue weighted by Crippen LogP contribution is -2.11. The van der Waals surface area contributed by atoms with Gasteiger partial charge in [-0.05, 0) is 12.3 Å². The lowest BCUT2D eigenvalue weighted by molar-refractivity contribution is 0.533. The van der Waals surface area contributed by atoms with E-state index in [1.54, 1.807) is 6.41 Å². The van der Waals surface area contributed by atoms with E-state index < -0.39 is 0 Å². The normalized spacial score (nSPS) is 16.0. The second-order valence-corrected chi connectivity index (χ2v) is 3.68. The summed E-state index contributed by atoms with van der Waals surface area (Å²) >= 11 is 0. The third kappa shape index (κ3) is 5.16. The van der Waals surface area contributed by atoms with E-state index in [1.165, 1.54) is 38.5 Å². The third-order valence-corrected chi connectivity index (χ3v) is 2.43. The molecule has 2 nitrogen and oxygen atoms in total. The third-order valence-electron chi connectivity index (χ3n) is 2.43. The molecule has 12 heavy (non-hydrogen) atoms. The number of nitrogens with one attached hydrogen (secondary N) is 1. The van der Waals surface area contributed by atoms with Crippen LogP contribution >= 0.6 is 0 Å². The standard InChI is InChI=1S/C10H18NO/c12-9-11-8-4-2-1-3-5-10-6-7-10/h10H,1-8H2,(H,11,12). The molecule has 69 valence electrons. The van der Waals surface area contributed by atoms with Crippen molar-refractivity contribution in [2.45, 2.75) is 44.9 Å². The molecular weight excluding hydrogens is 150 g/mol. The summed E-state index contributed by atoms with van der Waals surface area (Å²) in [6.45, 7) is 0.799. The number of unbranched alkanes of at least 4 members (excludes halogenated alkanes) is 3. The fourth-order valence-electron chi connectivity index (χ4n) is 1.46. The molecule has 0 aromatic rings. The largest absolute Gasteiger partial charge is 0.348 e. The monoisotopic (exact) mass is 168 g/mol. The van der Waals surface area contributed by atoms with Crippen LogP contribution in [0.5, 0.6) is 0 Å². The van der Waals surface area contributed by atoms with Crippen molar-refractivity contribution < 1.29 is 4.79 Å². The molecule has 0 unspecified atom stereocenters. The highest BCUT2D eigenvalue weighted by molar-refractivity contribution is 5.46. The SMILES string of the molecule is O=[C]NCCCCCCC1CC1. The van der Waals surface area contributed by atoms with Gasteiger partial charge in [0.25, 0.3) is 0 Å². The van der Waals surface area contributed by atoms with Crippen LogP contribution in [0.4, 0.5) is 0 Å². The quantitative estimate of drug-likeness (QED) is 0.436. The fraction of sp³-hybridized carbons (Fsp3) is 0.900. The predicted octanol–water partition coefficient (Wildman–Crippen LogP) is 2.00. The summed E-state index contributed by atoms with van der Waals surface area (Å²) in [5.41, 5.74) is 0. The number of hydrogen-bond donors (Lipinski definition) is 1. The summed E-state index contributed by atoms with van der Waals surface area (Å²) in [7, 11) is 0. The first kappa shape index (κ1) is 9.56. The van der Waals surface area contributed by atoms with Gasteiger partial charge < -0.3 is 5.32 Å². The highest BCUT2D eigenvalue weighted by Gasteiger charge is 2.19. The Bertz CT molecular complexity index is 121. The van der Waals surface area contributed by atoms with Gasteiger partial charge >= 0.3 is 6.41 Å². The summed E-state index contributed by atoms with van der Waals surface area (Å²) < 4.78 is 0. The summed E-state index contributed by atoms with van der Waals surface area (Å²) in [6.07, 6.45) is 11.1. The molecule has 0 aromatic carbocycles. The van der Waals surface area contributed by atoms with Crippen molar-refractivity contribution in [3.8, 4) is 0 Å². The molecule has 2 heteroatoms. The van der Waals surface area contributed by atoms with Crippen LogP contribution in [0, 0.1) is 5.92 Å². The van der Waals surface area contributed by atoms with Gasteiger partial charge in [-0.1, -0.05) is 38.5 Å². The van der Waals surface area contributed by atoms with E-state index >= 15 is 0 Å². The lowest BCUT2D eigenvalue weighted by Gasteiger charge is -1.99. The highest BCUT2D eigenvalue weighted by Crippen LogP contribution is 2.33. The fourth-order valence-corrected chi connectivity index (χ4v) is 1.46. The Labute approximate surface area is 74.7 Å². The minimum atomic E-state index is 0.799. The Kier molecular flexibility index (Phi) is 4.81. The molecule has 1 aliphatic carbocycles. The average Bonchev–Trinajstić information content (AvgIpc) is 2.87. The van der Waals surface area contributed by atoms with E-state index in [2.05, 4.69) is 5.32 Å². The number of carbonyl (C=O) groups excluding carboxylic acids is 1. The van der Waals surface area contributed by atoms with Crippen LogP contribution in [0.25, 0.3) is 0 Å². The summed E-state index contributed by atoms with van der Waals surface area (Å²) in [5, 5.41) is 2.55. The van der Waals surface area contributed by atoms with Crippen molar-refractivity contribution >= 4 is 6.41 Å². The maximum absolute atomic E-state index is 9.76. The van der Waals surface area contributed by atoms with Crippen LogP contribution in [0.2, 0.25) is 0 Å². The first-order chi connectivity index (χ1) is 5.93. The maximum atomic E-state index is 9.76. The van der Waals surface area contributed by atoms with E-state index in [9.17, 15) is 4.79 Å². The van der Waals surface area contributed by atoms with Gasteiger partial charge in [-0.2, -0.15) is 0 Å². The van der Waals surface area contributed by atoms with Gasteiger partial charge in [-0.25, -0.2) is 0 Å². The van der Waals surface area contributed by atoms with Crippen LogP contribution in [0.3, 0.4) is 0 Å². The summed E-state index contributed by atoms with van der Waals surface area (Å²) in [6, 6.07) is 0. The van der Waals surface area contributed by atoms with E-state index in [1.807, 2.05) is 0 Å². The van der Waals surface area contributed by atoms with Crippen LogP contribution in [0.15, 0.2) is 0 Å². The first-order valence-electron chi connectivity index (χ1n) is 5.03. The average molecular weight is 168 g/mol. The van der Waals surface area contributed by atoms with Crippen molar-refractivity contribution in [3.63, 3.8) is 0 Å². The molecule has 0 aliphatic heterocycles. The smallest absolute Gasteiger partial charge is 0.309 e. The number of rotatable bonds is 8. The molecule has 1 saturated carbocycles.